The van der Waals surface area contributed by atoms with E-state index in [1.54, 1.807) is 0 Å². The predicted molar refractivity (Wildman–Crippen MR) is 73.3 cm³/mol. The molecule has 0 saturated heterocycles. The lowest BCUT2D eigenvalue weighted by Crippen LogP contribution is -2.46. The number of nitrogens with one attached hydrogen (secondary N) is 1. The van der Waals surface area contributed by atoms with Crippen molar-refractivity contribution >= 4 is 5.91 Å². The van der Waals surface area contributed by atoms with Crippen molar-refractivity contribution in [3.63, 3.8) is 0 Å². The topological polar surface area (TPSA) is 64.3 Å². The van der Waals surface area contributed by atoms with Gasteiger partial charge in [-0.25, -0.2) is 0 Å². The molecule has 1 amide bonds. The van der Waals surface area contributed by atoms with E-state index < -0.39 is 6.10 Å². The first-order valence-corrected chi connectivity index (χ1v) is 7.29. The number of amides is 1. The fraction of sp³-hybridized carbons (Fsp3) is 0.929. The molecule has 3 N–H and O–H groups in total. The Hall–Kier alpha value is -0.610. The maximum Gasteiger partial charge on any atom is 0.249 e. The van der Waals surface area contributed by atoms with Gasteiger partial charge in [0.2, 0.25) is 5.91 Å². The summed E-state index contributed by atoms with van der Waals surface area (Å²) in [5.74, 6) is -0.0125. The van der Waals surface area contributed by atoms with Crippen LogP contribution in [0.25, 0.3) is 0 Å². The van der Waals surface area contributed by atoms with E-state index in [0.29, 0.717) is 0 Å². The SMILES string of the molecule is CCC(CC)NC(=O)C(C)OC1CCCCC1N. The van der Waals surface area contributed by atoms with E-state index >= 15 is 0 Å². The van der Waals surface area contributed by atoms with Crippen molar-refractivity contribution in [1.29, 1.82) is 0 Å². The quantitative estimate of drug-likeness (QED) is 0.763. The summed E-state index contributed by atoms with van der Waals surface area (Å²) in [5.41, 5.74) is 6.02. The molecule has 4 heteroatoms. The van der Waals surface area contributed by atoms with Crippen molar-refractivity contribution in [2.45, 2.75) is 83.6 Å². The summed E-state index contributed by atoms with van der Waals surface area (Å²) in [5, 5.41) is 3.02. The molecule has 0 bridgehead atoms. The summed E-state index contributed by atoms with van der Waals surface area (Å²) >= 11 is 0. The van der Waals surface area contributed by atoms with E-state index in [1.807, 2.05) is 6.92 Å². The number of hydrogen-bond acceptors (Lipinski definition) is 3. The fourth-order valence-corrected chi connectivity index (χ4v) is 2.43. The summed E-state index contributed by atoms with van der Waals surface area (Å²) in [6.07, 6.45) is 5.86. The van der Waals surface area contributed by atoms with E-state index in [2.05, 4.69) is 19.2 Å². The van der Waals surface area contributed by atoms with Gasteiger partial charge < -0.3 is 15.8 Å². The third kappa shape index (κ3) is 4.58. The van der Waals surface area contributed by atoms with Crippen LogP contribution in [0.4, 0.5) is 0 Å². The minimum absolute atomic E-state index is 0.0125. The first-order valence-electron chi connectivity index (χ1n) is 7.29. The molecule has 1 saturated carbocycles. The van der Waals surface area contributed by atoms with Crippen molar-refractivity contribution in [2.24, 2.45) is 5.73 Å². The molecule has 0 aliphatic heterocycles. The molecule has 0 radical (unpaired) electrons. The molecule has 0 aromatic carbocycles. The van der Waals surface area contributed by atoms with Crippen molar-refractivity contribution < 1.29 is 9.53 Å². The zero-order chi connectivity index (χ0) is 13.5. The minimum atomic E-state index is -0.403. The molecular weight excluding hydrogens is 228 g/mol. The highest BCUT2D eigenvalue weighted by Gasteiger charge is 2.27. The van der Waals surface area contributed by atoms with Crippen LogP contribution < -0.4 is 11.1 Å². The predicted octanol–water partition coefficient (Wildman–Crippen LogP) is 1.97. The van der Waals surface area contributed by atoms with Crippen LogP contribution in [0.3, 0.4) is 0 Å². The lowest BCUT2D eigenvalue weighted by Gasteiger charge is -2.31. The third-order valence-electron chi connectivity index (χ3n) is 3.83. The third-order valence-corrected chi connectivity index (χ3v) is 3.83. The number of ether oxygens (including phenoxy) is 1. The van der Waals surface area contributed by atoms with Crippen molar-refractivity contribution in [2.75, 3.05) is 0 Å². The lowest BCUT2D eigenvalue weighted by molar-refractivity contribution is -0.138. The van der Waals surface area contributed by atoms with Crippen LogP contribution >= 0.6 is 0 Å². The average Bonchev–Trinajstić information content (AvgIpc) is 2.38. The van der Waals surface area contributed by atoms with Gasteiger partial charge in [-0.05, 0) is 32.6 Å². The van der Waals surface area contributed by atoms with Crippen LogP contribution in [0.1, 0.15) is 59.3 Å². The molecule has 1 fully saturated rings. The van der Waals surface area contributed by atoms with E-state index in [0.717, 1.165) is 32.1 Å². The van der Waals surface area contributed by atoms with Crippen LogP contribution in [0, 0.1) is 0 Å². The van der Waals surface area contributed by atoms with E-state index in [4.69, 9.17) is 10.5 Å². The Bertz CT molecular complexity index is 254. The second kappa shape index (κ2) is 7.74. The number of carbonyl (C=O) groups is 1. The van der Waals surface area contributed by atoms with Gasteiger partial charge in [0.05, 0.1) is 6.10 Å². The highest BCUT2D eigenvalue weighted by Crippen LogP contribution is 2.21. The molecular formula is C14H28N2O2. The van der Waals surface area contributed by atoms with Gasteiger partial charge in [0.15, 0.2) is 0 Å². The highest BCUT2D eigenvalue weighted by molar-refractivity contribution is 5.80. The molecule has 18 heavy (non-hydrogen) atoms. The van der Waals surface area contributed by atoms with Gasteiger partial charge in [0.1, 0.15) is 6.10 Å². The molecule has 0 heterocycles. The maximum atomic E-state index is 12.0. The standard InChI is InChI=1S/C14H28N2O2/c1-4-11(5-2)16-14(17)10(3)18-13-9-7-6-8-12(13)15/h10-13H,4-9,15H2,1-3H3,(H,16,17). The molecule has 0 aromatic rings. The summed E-state index contributed by atoms with van der Waals surface area (Å²) in [6, 6.07) is 0.339. The summed E-state index contributed by atoms with van der Waals surface area (Å²) in [6.45, 7) is 5.98. The average molecular weight is 256 g/mol. The molecule has 0 aromatic heterocycles. The Labute approximate surface area is 111 Å². The van der Waals surface area contributed by atoms with Gasteiger partial charge in [-0.15, -0.1) is 0 Å². The fourth-order valence-electron chi connectivity index (χ4n) is 2.43. The zero-order valence-electron chi connectivity index (χ0n) is 11.9. The van der Waals surface area contributed by atoms with E-state index in [1.165, 1.54) is 6.42 Å². The maximum absolute atomic E-state index is 12.0. The number of nitrogens with two attached hydrogens (primary N) is 1. The van der Waals surface area contributed by atoms with E-state index in [-0.39, 0.29) is 24.1 Å². The largest absolute Gasteiger partial charge is 0.364 e. The molecule has 4 nitrogen and oxygen atoms in total. The van der Waals surface area contributed by atoms with Crippen LogP contribution in [0.15, 0.2) is 0 Å². The van der Waals surface area contributed by atoms with Gasteiger partial charge in [-0.1, -0.05) is 26.7 Å². The Morgan fingerprint density at radius 2 is 1.94 bits per heavy atom. The van der Waals surface area contributed by atoms with Crippen molar-refractivity contribution in [1.82, 2.24) is 5.32 Å². The first-order chi connectivity index (χ1) is 8.58. The van der Waals surface area contributed by atoms with Crippen molar-refractivity contribution in [3.8, 4) is 0 Å². The normalized spacial score (nSPS) is 26.1. The van der Waals surface area contributed by atoms with Crippen molar-refractivity contribution in [3.05, 3.63) is 0 Å². The molecule has 1 rings (SSSR count). The van der Waals surface area contributed by atoms with Gasteiger partial charge in [-0.2, -0.15) is 0 Å². The summed E-state index contributed by atoms with van der Waals surface area (Å²) < 4.78 is 5.82. The zero-order valence-corrected chi connectivity index (χ0v) is 11.9. The minimum Gasteiger partial charge on any atom is -0.364 e. The first kappa shape index (κ1) is 15.4. The Kier molecular flexibility index (Phi) is 6.65. The highest BCUT2D eigenvalue weighted by atomic mass is 16.5. The smallest absolute Gasteiger partial charge is 0.249 e. The lowest BCUT2D eigenvalue weighted by atomic mass is 9.93. The Morgan fingerprint density at radius 3 is 2.50 bits per heavy atom. The Balaban J connectivity index is 2.38. The molecule has 1 aliphatic carbocycles. The van der Waals surface area contributed by atoms with Crippen LogP contribution in [0.5, 0.6) is 0 Å². The number of carbonyl (C=O) groups excluding carboxylic acids is 1. The van der Waals surface area contributed by atoms with Gasteiger partial charge in [-0.3, -0.25) is 4.79 Å². The van der Waals surface area contributed by atoms with Gasteiger partial charge in [0.25, 0.3) is 0 Å². The molecule has 3 atom stereocenters. The van der Waals surface area contributed by atoms with E-state index in [9.17, 15) is 4.79 Å². The second-order valence-electron chi connectivity index (χ2n) is 5.29. The molecule has 3 unspecified atom stereocenters. The number of hydrogen-bond donors (Lipinski definition) is 2. The summed E-state index contributed by atoms with van der Waals surface area (Å²) in [4.78, 5) is 12.0. The number of rotatable bonds is 6. The van der Waals surface area contributed by atoms with Gasteiger partial charge in [0, 0.05) is 12.1 Å². The molecule has 0 spiro atoms. The molecule has 106 valence electrons. The summed E-state index contributed by atoms with van der Waals surface area (Å²) in [7, 11) is 0. The van der Waals surface area contributed by atoms with Crippen LogP contribution in [-0.4, -0.2) is 30.2 Å². The second-order valence-corrected chi connectivity index (χ2v) is 5.29. The monoisotopic (exact) mass is 256 g/mol. The van der Waals surface area contributed by atoms with Crippen LogP contribution in [-0.2, 0) is 9.53 Å². The van der Waals surface area contributed by atoms with Gasteiger partial charge >= 0.3 is 0 Å². The van der Waals surface area contributed by atoms with Crippen LogP contribution in [0.2, 0.25) is 0 Å². The Morgan fingerprint density at radius 1 is 1.33 bits per heavy atom. The molecule has 1 aliphatic rings.